The minimum Gasteiger partial charge on any atom is -0.457 e. The smallest absolute Gasteiger partial charge is 0.250 e. The van der Waals surface area contributed by atoms with Gasteiger partial charge in [-0.3, -0.25) is 10.1 Å². The molecule has 0 atom stereocenters. The third-order valence-electron chi connectivity index (χ3n) is 4.06. The van der Waals surface area contributed by atoms with Crippen LogP contribution in [0.5, 0.6) is 0 Å². The minimum absolute atomic E-state index is 0.336. The highest BCUT2D eigenvalue weighted by atomic mass is 35.5. The van der Waals surface area contributed by atoms with Crippen molar-refractivity contribution in [2.45, 2.75) is 6.92 Å². The summed E-state index contributed by atoms with van der Waals surface area (Å²) in [6.07, 6.45) is 2.93. The normalized spacial score (nSPS) is 11.4. The van der Waals surface area contributed by atoms with Gasteiger partial charge in [0.25, 0.3) is 0 Å². The number of halogens is 2. The van der Waals surface area contributed by atoms with Gasteiger partial charge >= 0.3 is 0 Å². The Bertz CT molecular complexity index is 1210. The van der Waals surface area contributed by atoms with Gasteiger partial charge in [0.05, 0.1) is 10.2 Å². The molecule has 4 nitrogen and oxygen atoms in total. The predicted octanol–water partition coefficient (Wildman–Crippen LogP) is 6.31. The molecule has 2 aromatic heterocycles. The number of amides is 1. The van der Waals surface area contributed by atoms with E-state index in [0.29, 0.717) is 31.9 Å². The molecule has 0 spiro atoms. The highest BCUT2D eigenvalue weighted by Crippen LogP contribution is 2.28. The summed E-state index contributed by atoms with van der Waals surface area (Å²) in [5.41, 5.74) is 2.49. The van der Waals surface area contributed by atoms with Crippen molar-refractivity contribution in [1.29, 1.82) is 0 Å². The SMILES string of the molecule is Cc1ccc(-c2ccc(C=CC(=O)Nc3nc4ccc(F)cc4s3)o2)cc1Cl. The fourth-order valence-electron chi connectivity index (χ4n) is 2.60. The van der Waals surface area contributed by atoms with Crippen molar-refractivity contribution in [3.05, 3.63) is 76.8 Å². The summed E-state index contributed by atoms with van der Waals surface area (Å²) in [7, 11) is 0. The molecule has 2 heterocycles. The predicted molar refractivity (Wildman–Crippen MR) is 111 cm³/mol. The number of anilines is 1. The maximum Gasteiger partial charge on any atom is 0.250 e. The van der Waals surface area contributed by atoms with Crippen LogP contribution in [0.15, 0.2) is 59.0 Å². The third kappa shape index (κ3) is 3.98. The third-order valence-corrected chi connectivity index (χ3v) is 5.40. The first-order valence-electron chi connectivity index (χ1n) is 8.39. The van der Waals surface area contributed by atoms with E-state index < -0.39 is 0 Å². The zero-order valence-electron chi connectivity index (χ0n) is 14.7. The van der Waals surface area contributed by atoms with Crippen LogP contribution < -0.4 is 5.32 Å². The van der Waals surface area contributed by atoms with Crippen LogP contribution in [-0.2, 0) is 4.79 Å². The van der Waals surface area contributed by atoms with Crippen LogP contribution >= 0.6 is 22.9 Å². The van der Waals surface area contributed by atoms with E-state index in [1.807, 2.05) is 31.2 Å². The van der Waals surface area contributed by atoms with E-state index in [2.05, 4.69) is 10.3 Å². The Labute approximate surface area is 169 Å². The van der Waals surface area contributed by atoms with Gasteiger partial charge in [0.15, 0.2) is 5.13 Å². The number of rotatable bonds is 4. The molecule has 0 fully saturated rings. The Balaban J connectivity index is 1.45. The van der Waals surface area contributed by atoms with Crippen molar-refractivity contribution in [2.75, 3.05) is 5.32 Å². The number of aromatic nitrogens is 1. The Hall–Kier alpha value is -2.96. The van der Waals surface area contributed by atoms with Crippen LogP contribution in [0.1, 0.15) is 11.3 Å². The lowest BCUT2D eigenvalue weighted by Crippen LogP contribution is -2.07. The molecule has 0 radical (unpaired) electrons. The molecule has 0 unspecified atom stereocenters. The van der Waals surface area contributed by atoms with Gasteiger partial charge in [0.2, 0.25) is 5.91 Å². The number of furan rings is 1. The monoisotopic (exact) mass is 412 g/mol. The maximum absolute atomic E-state index is 13.2. The summed E-state index contributed by atoms with van der Waals surface area (Å²) in [6, 6.07) is 13.6. The van der Waals surface area contributed by atoms with Crippen LogP contribution in [0.25, 0.3) is 27.6 Å². The van der Waals surface area contributed by atoms with Crippen LogP contribution in [0, 0.1) is 12.7 Å². The topological polar surface area (TPSA) is 55.1 Å². The quantitative estimate of drug-likeness (QED) is 0.399. The highest BCUT2D eigenvalue weighted by molar-refractivity contribution is 7.22. The van der Waals surface area contributed by atoms with Crippen molar-refractivity contribution in [3.8, 4) is 11.3 Å². The molecule has 1 amide bonds. The first-order chi connectivity index (χ1) is 13.5. The van der Waals surface area contributed by atoms with Gasteiger partial charge in [-0.05, 0) is 55.0 Å². The number of carbonyl (C=O) groups excluding carboxylic acids is 1. The van der Waals surface area contributed by atoms with Gasteiger partial charge in [-0.25, -0.2) is 9.37 Å². The molecule has 0 saturated carbocycles. The fraction of sp³-hybridized carbons (Fsp3) is 0.0476. The van der Waals surface area contributed by atoms with Crippen molar-refractivity contribution < 1.29 is 13.6 Å². The Morgan fingerprint density at radius 1 is 1.21 bits per heavy atom. The molecule has 28 heavy (non-hydrogen) atoms. The van der Waals surface area contributed by atoms with E-state index in [0.717, 1.165) is 11.1 Å². The molecule has 4 aromatic rings. The van der Waals surface area contributed by atoms with E-state index >= 15 is 0 Å². The number of fused-ring (bicyclic) bond motifs is 1. The lowest BCUT2D eigenvalue weighted by molar-refractivity contribution is -0.111. The van der Waals surface area contributed by atoms with Crippen molar-refractivity contribution >= 4 is 50.3 Å². The van der Waals surface area contributed by atoms with Crippen LogP contribution in [0.4, 0.5) is 9.52 Å². The standard InChI is InChI=1S/C21H14ClFN2O2S/c1-12-2-3-13(10-16(12)22)18-8-5-15(27-18)6-9-20(26)25-21-24-17-7-4-14(23)11-19(17)28-21/h2-11H,1H3,(H,24,25,26). The van der Waals surface area contributed by atoms with Crippen LogP contribution in [-0.4, -0.2) is 10.9 Å². The molecule has 1 N–H and O–H groups in total. The number of benzene rings is 2. The van der Waals surface area contributed by atoms with Crippen LogP contribution in [0.3, 0.4) is 0 Å². The van der Waals surface area contributed by atoms with Gasteiger partial charge < -0.3 is 4.42 Å². The molecule has 7 heteroatoms. The second-order valence-electron chi connectivity index (χ2n) is 6.12. The summed E-state index contributed by atoms with van der Waals surface area (Å²) in [5, 5.41) is 3.75. The Morgan fingerprint density at radius 2 is 2.07 bits per heavy atom. The largest absolute Gasteiger partial charge is 0.457 e. The number of nitrogens with one attached hydrogen (secondary N) is 1. The molecule has 0 aliphatic carbocycles. The molecule has 2 aromatic carbocycles. The fourth-order valence-corrected chi connectivity index (χ4v) is 3.67. The van der Waals surface area contributed by atoms with Gasteiger partial charge in [0.1, 0.15) is 17.3 Å². The number of nitrogens with zero attached hydrogens (tertiary/aromatic N) is 1. The van der Waals surface area contributed by atoms with E-state index in [-0.39, 0.29) is 11.7 Å². The molecule has 4 rings (SSSR count). The number of hydrogen-bond acceptors (Lipinski definition) is 4. The molecule has 0 saturated heterocycles. The van der Waals surface area contributed by atoms with E-state index in [1.165, 1.54) is 29.5 Å². The average molecular weight is 413 g/mol. The minimum atomic E-state index is -0.351. The summed E-state index contributed by atoms with van der Waals surface area (Å²) in [4.78, 5) is 16.4. The van der Waals surface area contributed by atoms with Crippen molar-refractivity contribution in [2.24, 2.45) is 0 Å². The van der Waals surface area contributed by atoms with Gasteiger partial charge in [0, 0.05) is 16.7 Å². The second-order valence-corrected chi connectivity index (χ2v) is 7.56. The number of hydrogen-bond donors (Lipinski definition) is 1. The Kier molecular flexibility index (Phi) is 4.98. The molecule has 140 valence electrons. The maximum atomic E-state index is 13.2. The number of carbonyl (C=O) groups is 1. The van der Waals surface area contributed by atoms with E-state index in [4.69, 9.17) is 16.0 Å². The number of thiazole rings is 1. The summed E-state index contributed by atoms with van der Waals surface area (Å²) >= 11 is 7.37. The Morgan fingerprint density at radius 3 is 2.89 bits per heavy atom. The van der Waals surface area contributed by atoms with E-state index in [1.54, 1.807) is 18.2 Å². The van der Waals surface area contributed by atoms with Gasteiger partial charge in [-0.1, -0.05) is 35.1 Å². The van der Waals surface area contributed by atoms with E-state index in [9.17, 15) is 9.18 Å². The first-order valence-corrected chi connectivity index (χ1v) is 9.59. The van der Waals surface area contributed by atoms with Crippen LogP contribution in [0.2, 0.25) is 5.02 Å². The molecular weight excluding hydrogens is 399 g/mol. The molecular formula is C21H14ClFN2O2S. The van der Waals surface area contributed by atoms with Gasteiger partial charge in [-0.2, -0.15) is 0 Å². The molecule has 0 bridgehead atoms. The molecule has 0 aliphatic rings. The highest BCUT2D eigenvalue weighted by Gasteiger charge is 2.08. The van der Waals surface area contributed by atoms with Gasteiger partial charge in [-0.15, -0.1) is 0 Å². The summed E-state index contributed by atoms with van der Waals surface area (Å²) < 4.78 is 19.7. The summed E-state index contributed by atoms with van der Waals surface area (Å²) in [6.45, 7) is 1.93. The lowest BCUT2D eigenvalue weighted by atomic mass is 10.1. The molecule has 0 aliphatic heterocycles. The average Bonchev–Trinajstić information content (AvgIpc) is 3.28. The zero-order chi connectivity index (χ0) is 19.7. The van der Waals surface area contributed by atoms with Crippen molar-refractivity contribution in [3.63, 3.8) is 0 Å². The summed E-state index contributed by atoms with van der Waals surface area (Å²) in [5.74, 6) is 0.511. The zero-order valence-corrected chi connectivity index (χ0v) is 16.3. The lowest BCUT2D eigenvalue weighted by Gasteiger charge is -2.00. The van der Waals surface area contributed by atoms with Crippen molar-refractivity contribution in [1.82, 2.24) is 4.98 Å². The first kappa shape index (κ1) is 18.4. The second kappa shape index (κ2) is 7.58. The number of aryl methyl sites for hydroxylation is 1.